The molecule has 8 heteroatoms. The summed E-state index contributed by atoms with van der Waals surface area (Å²) in [6.45, 7) is 3.99. The highest BCUT2D eigenvalue weighted by atomic mass is 16.5. The zero-order valence-electron chi connectivity index (χ0n) is 18.9. The van der Waals surface area contributed by atoms with Crippen LogP contribution in [0.4, 0.5) is 4.79 Å². The molecule has 1 atom stereocenters. The fourth-order valence-corrected chi connectivity index (χ4v) is 3.99. The van der Waals surface area contributed by atoms with E-state index in [1.54, 1.807) is 63.5 Å². The molecule has 1 aliphatic rings. The summed E-state index contributed by atoms with van der Waals surface area (Å²) >= 11 is 0. The van der Waals surface area contributed by atoms with Gasteiger partial charge in [0.15, 0.2) is 0 Å². The molecule has 170 valence electrons. The van der Waals surface area contributed by atoms with E-state index in [1.807, 2.05) is 19.1 Å². The van der Waals surface area contributed by atoms with Gasteiger partial charge in [-0.1, -0.05) is 12.1 Å². The van der Waals surface area contributed by atoms with Gasteiger partial charge in [-0.15, -0.1) is 0 Å². The molecule has 0 fully saturated rings. The minimum Gasteiger partial charge on any atom is -0.497 e. The molecule has 2 amide bonds. The maximum Gasteiger partial charge on any atom is 0.335 e. The van der Waals surface area contributed by atoms with E-state index < -0.39 is 12.0 Å². The minimum atomic E-state index is -1.08. The summed E-state index contributed by atoms with van der Waals surface area (Å²) in [5.41, 5.74) is 1.95. The molecule has 0 saturated heterocycles. The monoisotopic (exact) mass is 440 g/mol. The summed E-state index contributed by atoms with van der Waals surface area (Å²) in [5.74, 6) is 0.703. The lowest BCUT2D eigenvalue weighted by Crippen LogP contribution is -2.50. The predicted molar refractivity (Wildman–Crippen MR) is 119 cm³/mol. The Morgan fingerprint density at radius 1 is 1.03 bits per heavy atom. The smallest absolute Gasteiger partial charge is 0.335 e. The van der Waals surface area contributed by atoms with Gasteiger partial charge >= 0.3 is 12.0 Å². The maximum atomic E-state index is 13.5. The molecule has 3 rings (SSSR count). The topological polar surface area (TPSA) is 88.5 Å². The molecule has 1 heterocycles. The zero-order chi connectivity index (χ0) is 23.4. The zero-order valence-corrected chi connectivity index (χ0v) is 18.9. The lowest BCUT2D eigenvalue weighted by atomic mass is 9.92. The van der Waals surface area contributed by atoms with Crippen LogP contribution in [0.15, 0.2) is 53.7 Å². The van der Waals surface area contributed by atoms with Gasteiger partial charge in [-0.3, -0.25) is 4.90 Å². The van der Waals surface area contributed by atoms with E-state index >= 15 is 0 Å². The van der Waals surface area contributed by atoms with Crippen molar-refractivity contribution in [1.29, 1.82) is 0 Å². The normalized spacial score (nSPS) is 16.3. The summed E-state index contributed by atoms with van der Waals surface area (Å²) in [4.78, 5) is 28.9. The van der Waals surface area contributed by atoms with Crippen molar-refractivity contribution in [3.63, 3.8) is 0 Å². The molecule has 8 nitrogen and oxygen atoms in total. The highest BCUT2D eigenvalue weighted by Crippen LogP contribution is 2.39. The van der Waals surface area contributed by atoms with Crippen LogP contribution in [-0.2, 0) is 11.3 Å². The Bertz CT molecular complexity index is 1050. The van der Waals surface area contributed by atoms with Crippen molar-refractivity contribution in [2.45, 2.75) is 26.4 Å². The van der Waals surface area contributed by atoms with Crippen molar-refractivity contribution >= 4 is 12.0 Å². The molecule has 1 unspecified atom stereocenters. The number of nitrogens with zero attached hydrogens (tertiary/aromatic N) is 2. The number of allylic oxidation sites excluding steroid dienone is 1. The number of aliphatic carboxylic acids is 1. The third-order valence-electron chi connectivity index (χ3n) is 5.66. The van der Waals surface area contributed by atoms with Gasteiger partial charge in [0.2, 0.25) is 0 Å². The summed E-state index contributed by atoms with van der Waals surface area (Å²) in [7, 11) is 4.65. The number of hydrogen-bond donors (Lipinski definition) is 1. The van der Waals surface area contributed by atoms with Crippen LogP contribution in [0, 0.1) is 0 Å². The van der Waals surface area contributed by atoms with E-state index in [0.717, 1.165) is 5.56 Å². The van der Waals surface area contributed by atoms with Crippen LogP contribution < -0.4 is 14.2 Å². The van der Waals surface area contributed by atoms with Gasteiger partial charge in [-0.25, -0.2) is 9.59 Å². The summed E-state index contributed by atoms with van der Waals surface area (Å²) in [5, 5.41) is 10.1. The maximum absolute atomic E-state index is 13.5. The molecule has 2 aromatic rings. The third-order valence-corrected chi connectivity index (χ3v) is 5.66. The molecule has 2 aromatic carbocycles. The number of carboxylic acids is 1. The van der Waals surface area contributed by atoms with Gasteiger partial charge in [0.05, 0.1) is 39.5 Å². The summed E-state index contributed by atoms with van der Waals surface area (Å²) < 4.78 is 16.0. The molecule has 0 aliphatic carbocycles. The van der Waals surface area contributed by atoms with Gasteiger partial charge in [0.25, 0.3) is 0 Å². The second kappa shape index (κ2) is 9.64. The Hall–Kier alpha value is -3.68. The first kappa shape index (κ1) is 23.0. The molecule has 0 saturated carbocycles. The summed E-state index contributed by atoms with van der Waals surface area (Å²) in [6.07, 6.45) is 0. The first-order valence-electron chi connectivity index (χ1n) is 10.2. The largest absolute Gasteiger partial charge is 0.497 e. The van der Waals surface area contributed by atoms with E-state index in [1.165, 1.54) is 4.90 Å². The fraction of sp³-hybridized carbons (Fsp3) is 0.333. The number of rotatable bonds is 8. The molecule has 1 N–H and O–H groups in total. The number of carbonyl (C=O) groups excluding carboxylic acids is 1. The number of likely N-dealkylation sites (N-methyl/N-ethyl adjacent to an activating group) is 1. The number of hydrogen-bond acceptors (Lipinski definition) is 5. The lowest BCUT2D eigenvalue weighted by molar-refractivity contribution is -0.133. The average Bonchev–Trinajstić information content (AvgIpc) is 2.81. The number of benzene rings is 2. The fourth-order valence-electron chi connectivity index (χ4n) is 3.99. The van der Waals surface area contributed by atoms with Gasteiger partial charge in [-0.2, -0.15) is 0 Å². The molecule has 0 aromatic heterocycles. The van der Waals surface area contributed by atoms with Crippen LogP contribution >= 0.6 is 0 Å². The van der Waals surface area contributed by atoms with Gasteiger partial charge in [0.1, 0.15) is 17.2 Å². The Kier molecular flexibility index (Phi) is 6.92. The van der Waals surface area contributed by atoms with Crippen molar-refractivity contribution in [1.82, 2.24) is 9.80 Å². The summed E-state index contributed by atoms with van der Waals surface area (Å²) in [6, 6.07) is 11.5. The predicted octanol–water partition coefficient (Wildman–Crippen LogP) is 4.07. The van der Waals surface area contributed by atoms with Crippen molar-refractivity contribution in [2.75, 3.05) is 27.9 Å². The third kappa shape index (κ3) is 4.21. The van der Waals surface area contributed by atoms with E-state index in [9.17, 15) is 14.7 Å². The van der Waals surface area contributed by atoms with Gasteiger partial charge in [0, 0.05) is 23.9 Å². The minimum absolute atomic E-state index is 0.146. The Labute approximate surface area is 187 Å². The van der Waals surface area contributed by atoms with Crippen molar-refractivity contribution in [3.05, 3.63) is 64.9 Å². The van der Waals surface area contributed by atoms with E-state index in [-0.39, 0.29) is 18.1 Å². The quantitative estimate of drug-likeness (QED) is 0.666. The van der Waals surface area contributed by atoms with Gasteiger partial charge in [-0.05, 0) is 43.7 Å². The average molecular weight is 440 g/mol. The first-order valence-corrected chi connectivity index (χ1v) is 10.2. The first-order chi connectivity index (χ1) is 15.4. The van der Waals surface area contributed by atoms with Crippen molar-refractivity contribution < 1.29 is 28.9 Å². The second-order valence-electron chi connectivity index (χ2n) is 7.32. The second-order valence-corrected chi connectivity index (χ2v) is 7.32. The van der Waals surface area contributed by atoms with E-state index in [2.05, 4.69) is 0 Å². The number of carboxylic acid groups (broad SMARTS) is 1. The van der Waals surface area contributed by atoms with Crippen LogP contribution in [0.1, 0.15) is 31.0 Å². The Morgan fingerprint density at radius 2 is 1.72 bits per heavy atom. The highest BCUT2D eigenvalue weighted by Gasteiger charge is 2.41. The highest BCUT2D eigenvalue weighted by molar-refractivity contribution is 5.93. The number of amides is 2. The lowest BCUT2D eigenvalue weighted by Gasteiger charge is -2.42. The molecule has 0 spiro atoms. The standard InChI is InChI=1S/C24H28N2O6/c1-6-25-22(16-8-7-9-18(12-16)30-3)21(23(27)28)15(2)26(24(25)29)14-17-10-11-19(31-4)13-20(17)32-5/h7-13,22H,6,14H2,1-5H3,(H,27,28). The molecule has 0 bridgehead atoms. The number of methoxy groups -OCH3 is 3. The molecule has 1 aliphatic heterocycles. The van der Waals surface area contributed by atoms with Crippen molar-refractivity contribution in [2.24, 2.45) is 0 Å². The van der Waals surface area contributed by atoms with Crippen molar-refractivity contribution in [3.8, 4) is 17.2 Å². The Morgan fingerprint density at radius 3 is 2.31 bits per heavy atom. The van der Waals surface area contributed by atoms with Crippen LogP contribution in [0.5, 0.6) is 17.2 Å². The SMILES string of the molecule is CCN1C(=O)N(Cc2ccc(OC)cc2OC)C(C)=C(C(=O)O)C1c1cccc(OC)c1. The van der Waals surface area contributed by atoms with Gasteiger partial charge < -0.3 is 24.2 Å². The van der Waals surface area contributed by atoms with Crippen LogP contribution in [0.2, 0.25) is 0 Å². The number of ether oxygens (including phenoxy) is 3. The molecular weight excluding hydrogens is 412 g/mol. The molecule has 32 heavy (non-hydrogen) atoms. The van der Waals surface area contributed by atoms with Crippen LogP contribution in [0.3, 0.4) is 0 Å². The van der Waals surface area contributed by atoms with E-state index in [4.69, 9.17) is 14.2 Å². The molecular formula is C24H28N2O6. The number of urea groups is 1. The van der Waals surface area contributed by atoms with Crippen LogP contribution in [-0.4, -0.2) is 54.8 Å². The van der Waals surface area contributed by atoms with Crippen LogP contribution in [0.25, 0.3) is 0 Å². The van der Waals surface area contributed by atoms with E-state index in [0.29, 0.717) is 35.1 Å². The number of carbonyl (C=O) groups is 2. The Balaban J connectivity index is 2.11. The molecule has 0 radical (unpaired) electrons.